The quantitative estimate of drug-likeness (QED) is 0.0950. The van der Waals surface area contributed by atoms with E-state index in [1.54, 1.807) is 0 Å². The predicted molar refractivity (Wildman–Crippen MR) is 265 cm³/mol. The minimum atomic E-state index is 0.541. The highest BCUT2D eigenvalue weighted by Gasteiger charge is 2.21. The van der Waals surface area contributed by atoms with Crippen molar-refractivity contribution in [1.82, 2.24) is 0 Å². The molecule has 0 aliphatic heterocycles. The van der Waals surface area contributed by atoms with Crippen LogP contribution in [0.1, 0.15) is 122 Å². The molecule has 0 saturated carbocycles. The Morgan fingerprint density at radius 1 is 0.227 bits per heavy atom. The van der Waals surface area contributed by atoms with Gasteiger partial charge in [0.1, 0.15) is 46.0 Å². The maximum Gasteiger partial charge on any atom is 0.123 e. The molecule has 22 rings (SSSR count). The molecule has 0 saturated heterocycles. The highest BCUT2D eigenvalue weighted by Crippen LogP contribution is 2.40. The van der Waals surface area contributed by atoms with Crippen LogP contribution in [0.4, 0.5) is 0 Å². The predicted octanol–water partition coefficient (Wildman–Crippen LogP) is 12.7. The molecule has 0 heterocycles. The average Bonchev–Trinajstić information content (AvgIpc) is 3.30. The van der Waals surface area contributed by atoms with Gasteiger partial charge < -0.3 is 37.9 Å². The van der Waals surface area contributed by atoms with E-state index in [0.29, 0.717) is 91.4 Å². The zero-order chi connectivity index (χ0) is 46.4. The van der Waals surface area contributed by atoms with Gasteiger partial charge in [0.05, 0.1) is 52.9 Å². The third-order valence-electron chi connectivity index (χ3n) is 11.8. The summed E-state index contributed by atoms with van der Waals surface area (Å²) in [5, 5.41) is 0. The SMILES string of the molecule is CCOc1cc2c(OCC)cc1Cc1ccc(cc1)Cc1cc(OCC)c(cc1OCC)Cc1cc(OCC)c(cc1OCC)Cc1ccc(cc1)Cc1cc(OCC)c(cc1OCC)C2. The average molecular weight is 893 g/mol. The molecule has 6 aromatic carbocycles. The first-order chi connectivity index (χ1) is 32.3. The molecule has 0 aromatic heterocycles. The topological polar surface area (TPSA) is 73.8 Å². The van der Waals surface area contributed by atoms with E-state index in [-0.39, 0.29) is 0 Å². The van der Waals surface area contributed by atoms with Crippen molar-refractivity contribution in [3.63, 3.8) is 0 Å². The molecule has 348 valence electrons. The van der Waals surface area contributed by atoms with E-state index < -0.39 is 0 Å². The summed E-state index contributed by atoms with van der Waals surface area (Å²) in [7, 11) is 0. The molecule has 66 heavy (non-hydrogen) atoms. The van der Waals surface area contributed by atoms with Gasteiger partial charge >= 0.3 is 0 Å². The third kappa shape index (κ3) is 11.7. The number of hydrogen-bond donors (Lipinski definition) is 0. The van der Waals surface area contributed by atoms with Gasteiger partial charge in [0.15, 0.2) is 0 Å². The molecule has 0 amide bonds. The molecule has 16 aliphatic rings. The monoisotopic (exact) mass is 892 g/mol. The first-order valence-corrected chi connectivity index (χ1v) is 24.1. The second-order valence-corrected chi connectivity index (χ2v) is 16.4. The highest BCUT2D eigenvalue weighted by atomic mass is 16.5. The van der Waals surface area contributed by atoms with Crippen molar-refractivity contribution in [1.29, 1.82) is 0 Å². The molecule has 16 aliphatic carbocycles. The number of ether oxygens (including phenoxy) is 8. The summed E-state index contributed by atoms with van der Waals surface area (Å²) in [5.41, 5.74) is 13.1. The van der Waals surface area contributed by atoms with E-state index in [2.05, 4.69) is 97.1 Å². The van der Waals surface area contributed by atoms with Gasteiger partial charge in [-0.25, -0.2) is 0 Å². The van der Waals surface area contributed by atoms with Crippen molar-refractivity contribution < 1.29 is 37.9 Å². The molecule has 0 N–H and O–H groups in total. The van der Waals surface area contributed by atoms with Crippen LogP contribution in [-0.2, 0) is 38.5 Å². The summed E-state index contributed by atoms with van der Waals surface area (Å²) < 4.78 is 51.0. The summed E-state index contributed by atoms with van der Waals surface area (Å²) in [5.74, 6) is 6.77. The molecule has 0 atom stereocenters. The van der Waals surface area contributed by atoms with Crippen LogP contribution in [0.2, 0.25) is 0 Å². The largest absolute Gasteiger partial charge is 0.494 e. The summed E-state index contributed by atoms with van der Waals surface area (Å²) in [6.07, 6.45) is 3.92. The van der Waals surface area contributed by atoms with E-state index in [1.165, 1.54) is 22.3 Å². The first kappa shape index (κ1) is 47.7. The first-order valence-electron chi connectivity index (χ1n) is 24.1. The van der Waals surface area contributed by atoms with Crippen LogP contribution >= 0.6 is 0 Å². The van der Waals surface area contributed by atoms with Crippen LogP contribution < -0.4 is 37.9 Å². The van der Waals surface area contributed by atoms with E-state index in [9.17, 15) is 0 Å². The maximum absolute atomic E-state index is 6.38. The van der Waals surface area contributed by atoms with Crippen LogP contribution in [0, 0.1) is 0 Å². The summed E-state index contributed by atoms with van der Waals surface area (Å²) in [6.45, 7) is 20.6. The van der Waals surface area contributed by atoms with E-state index in [0.717, 1.165) is 90.5 Å². The Labute approximate surface area is 393 Å². The molecule has 6 aromatic rings. The van der Waals surface area contributed by atoms with Crippen molar-refractivity contribution in [2.45, 2.75) is 93.9 Å². The molecular formula is C58H68O8. The van der Waals surface area contributed by atoms with Crippen LogP contribution in [0.5, 0.6) is 46.0 Å². The lowest BCUT2D eigenvalue weighted by molar-refractivity contribution is 0.322. The third-order valence-corrected chi connectivity index (χ3v) is 11.8. The maximum atomic E-state index is 6.38. The van der Waals surface area contributed by atoms with Gasteiger partial charge in [-0.3, -0.25) is 0 Å². The van der Waals surface area contributed by atoms with Crippen molar-refractivity contribution in [2.75, 3.05) is 52.9 Å². The minimum absolute atomic E-state index is 0.541. The molecule has 8 nitrogen and oxygen atoms in total. The van der Waals surface area contributed by atoms with E-state index >= 15 is 0 Å². The van der Waals surface area contributed by atoms with Crippen LogP contribution in [-0.4, -0.2) is 52.9 Å². The lowest BCUT2D eigenvalue weighted by atomic mass is 9.93. The Balaban J connectivity index is 1.37. The van der Waals surface area contributed by atoms with Crippen molar-refractivity contribution >= 4 is 0 Å². The molecule has 0 fully saturated rings. The Hall–Kier alpha value is -6.28. The summed E-state index contributed by atoms with van der Waals surface area (Å²) in [4.78, 5) is 0. The number of hydrogen-bond acceptors (Lipinski definition) is 8. The van der Waals surface area contributed by atoms with Crippen molar-refractivity contribution in [3.05, 3.63) is 164 Å². The van der Waals surface area contributed by atoms with Crippen LogP contribution in [0.15, 0.2) is 97.1 Å². The summed E-state index contributed by atoms with van der Waals surface area (Å²) in [6, 6.07) is 35.0. The lowest BCUT2D eigenvalue weighted by Gasteiger charge is -2.21. The van der Waals surface area contributed by atoms with E-state index in [4.69, 9.17) is 37.9 Å². The minimum Gasteiger partial charge on any atom is -0.494 e. The molecule has 0 unspecified atom stereocenters. The molecule has 8 heteroatoms. The van der Waals surface area contributed by atoms with Crippen LogP contribution in [0.25, 0.3) is 0 Å². The number of benzene rings is 6. The second-order valence-electron chi connectivity index (χ2n) is 16.4. The molecular weight excluding hydrogens is 825 g/mol. The van der Waals surface area contributed by atoms with Gasteiger partial charge in [-0.05, 0) is 126 Å². The van der Waals surface area contributed by atoms with Gasteiger partial charge in [0.2, 0.25) is 0 Å². The second kappa shape index (κ2) is 23.3. The Kier molecular flexibility index (Phi) is 16.8. The fourth-order valence-electron chi connectivity index (χ4n) is 8.84. The fraction of sp³-hybridized carbons (Fsp3) is 0.379. The smallest absolute Gasteiger partial charge is 0.123 e. The fourth-order valence-corrected chi connectivity index (χ4v) is 8.84. The molecule has 0 radical (unpaired) electrons. The standard InChI is InChI=1S/C58H68O8/c1-9-59-51-35-47-29-48-36-52(60-10-2)44(32-56(48)64-14-6)27-41-21-23-42(24-22-41)28-46-34-58(66-16-8)50(38-54(46)62-12-4)30-49-37-53(61-11-3)45(33-57(49)65-15-7)26-40-19-17-39(18-20-40)25-43(51)31-55(47)63-13-5/h17-24,31-38H,9-16,25-30H2,1-8H3. The van der Waals surface area contributed by atoms with Gasteiger partial charge in [-0.2, -0.15) is 0 Å². The Morgan fingerprint density at radius 2 is 0.364 bits per heavy atom. The number of rotatable bonds is 16. The Morgan fingerprint density at radius 3 is 0.500 bits per heavy atom. The normalized spacial score (nSPS) is 12.4. The zero-order valence-electron chi connectivity index (χ0n) is 40.4. The molecule has 12 bridgehead atoms. The van der Waals surface area contributed by atoms with Gasteiger partial charge in [0.25, 0.3) is 0 Å². The Bertz CT molecular complexity index is 2180. The lowest BCUT2D eigenvalue weighted by Crippen LogP contribution is -2.07. The zero-order valence-corrected chi connectivity index (χ0v) is 40.4. The van der Waals surface area contributed by atoms with Crippen LogP contribution in [0.3, 0.4) is 0 Å². The highest BCUT2D eigenvalue weighted by molar-refractivity contribution is 5.57. The summed E-state index contributed by atoms with van der Waals surface area (Å²) >= 11 is 0. The van der Waals surface area contributed by atoms with Gasteiger partial charge in [0, 0.05) is 83.0 Å². The van der Waals surface area contributed by atoms with Crippen molar-refractivity contribution in [2.24, 2.45) is 0 Å². The molecule has 0 spiro atoms. The van der Waals surface area contributed by atoms with Gasteiger partial charge in [-0.1, -0.05) is 48.5 Å². The van der Waals surface area contributed by atoms with Crippen molar-refractivity contribution in [3.8, 4) is 46.0 Å². The van der Waals surface area contributed by atoms with Gasteiger partial charge in [-0.15, -0.1) is 0 Å². The van der Waals surface area contributed by atoms with E-state index in [1.807, 2.05) is 55.4 Å².